The van der Waals surface area contributed by atoms with Gasteiger partial charge < -0.3 is 14.8 Å². The summed E-state index contributed by atoms with van der Waals surface area (Å²) in [5.74, 6) is 0.308. The van der Waals surface area contributed by atoms with E-state index in [-0.39, 0.29) is 24.4 Å². The number of carbonyl (C=O) groups is 2. The van der Waals surface area contributed by atoms with Crippen LogP contribution in [-0.2, 0) is 16.1 Å². The number of anilines is 1. The van der Waals surface area contributed by atoms with Gasteiger partial charge in [0.1, 0.15) is 18.1 Å². The zero-order valence-corrected chi connectivity index (χ0v) is 22.5. The van der Waals surface area contributed by atoms with Crippen LogP contribution in [0.3, 0.4) is 0 Å². The number of ether oxygens (including phenoxy) is 2. The van der Waals surface area contributed by atoms with Crippen molar-refractivity contribution in [1.82, 2.24) is 20.3 Å². The van der Waals surface area contributed by atoms with E-state index in [1.54, 1.807) is 28.8 Å². The van der Waals surface area contributed by atoms with E-state index in [2.05, 4.69) is 15.6 Å². The molecular formula is C30H33N5O4. The van der Waals surface area contributed by atoms with E-state index in [0.717, 1.165) is 36.8 Å². The molecule has 0 bridgehead atoms. The van der Waals surface area contributed by atoms with Gasteiger partial charge >= 0.3 is 0 Å². The van der Waals surface area contributed by atoms with Crippen molar-refractivity contribution in [2.75, 3.05) is 19.1 Å². The first kappa shape index (κ1) is 26.2. The third-order valence-corrected chi connectivity index (χ3v) is 7.29. The normalized spacial score (nSPS) is 14.2. The van der Waals surface area contributed by atoms with Crippen LogP contribution in [-0.4, -0.2) is 47.1 Å². The molecule has 4 aromatic rings. The van der Waals surface area contributed by atoms with Gasteiger partial charge in [0.25, 0.3) is 0 Å². The molecule has 0 radical (unpaired) electrons. The number of carbonyl (C=O) groups excluding carboxylic acids is 2. The molecule has 3 aromatic carbocycles. The van der Waals surface area contributed by atoms with Gasteiger partial charge in [0.05, 0.1) is 19.7 Å². The molecule has 202 valence electrons. The van der Waals surface area contributed by atoms with Crippen LogP contribution in [0.5, 0.6) is 11.5 Å². The Labute approximate surface area is 227 Å². The maximum Gasteiger partial charge on any atom is 0.249 e. The number of amides is 2. The summed E-state index contributed by atoms with van der Waals surface area (Å²) in [4.78, 5) is 30.0. The molecule has 1 N–H and O–H groups in total. The number of benzene rings is 3. The first-order valence-electron chi connectivity index (χ1n) is 13.2. The average molecular weight is 528 g/mol. The quantitative estimate of drug-likeness (QED) is 0.342. The van der Waals surface area contributed by atoms with Gasteiger partial charge in [-0.3, -0.25) is 14.5 Å². The van der Waals surface area contributed by atoms with Crippen LogP contribution in [0.2, 0.25) is 0 Å². The highest BCUT2D eigenvalue weighted by Gasteiger charge is 2.37. The van der Waals surface area contributed by atoms with Crippen molar-refractivity contribution in [3.8, 4) is 11.5 Å². The third-order valence-electron chi connectivity index (χ3n) is 7.29. The van der Waals surface area contributed by atoms with Crippen LogP contribution >= 0.6 is 0 Å². The van der Waals surface area contributed by atoms with Crippen LogP contribution in [0.25, 0.3) is 11.0 Å². The van der Waals surface area contributed by atoms with Gasteiger partial charge in [-0.25, -0.2) is 4.68 Å². The van der Waals surface area contributed by atoms with E-state index in [1.807, 2.05) is 61.5 Å². The summed E-state index contributed by atoms with van der Waals surface area (Å²) < 4.78 is 12.9. The van der Waals surface area contributed by atoms with Crippen LogP contribution in [0.1, 0.15) is 42.9 Å². The van der Waals surface area contributed by atoms with Gasteiger partial charge in [-0.15, -0.1) is 5.10 Å². The average Bonchev–Trinajstić information content (AvgIpc) is 3.61. The van der Waals surface area contributed by atoms with E-state index in [4.69, 9.17) is 9.47 Å². The molecule has 1 atom stereocenters. The second-order valence-corrected chi connectivity index (χ2v) is 9.76. The largest absolute Gasteiger partial charge is 0.493 e. The SMILES string of the molecule is COc1cccc([C@@H](C(=O)NC2CCCC2)N(C(=O)Cn2nnc3ccccc32)c2ccccc2C)c1OC. The Balaban J connectivity index is 1.65. The van der Waals surface area contributed by atoms with Gasteiger partial charge in [0, 0.05) is 17.3 Å². The van der Waals surface area contributed by atoms with Gasteiger partial charge in [-0.1, -0.05) is 60.5 Å². The lowest BCUT2D eigenvalue weighted by molar-refractivity contribution is -0.127. The molecule has 1 saturated carbocycles. The van der Waals surface area contributed by atoms with Crippen molar-refractivity contribution in [1.29, 1.82) is 0 Å². The number of aryl methyl sites for hydroxylation is 1. The van der Waals surface area contributed by atoms with Crippen molar-refractivity contribution in [2.24, 2.45) is 0 Å². The highest BCUT2D eigenvalue weighted by molar-refractivity contribution is 6.02. The lowest BCUT2D eigenvalue weighted by Crippen LogP contribution is -2.47. The summed E-state index contributed by atoms with van der Waals surface area (Å²) in [6.07, 6.45) is 3.96. The summed E-state index contributed by atoms with van der Waals surface area (Å²) >= 11 is 0. The molecule has 0 saturated heterocycles. The molecule has 1 aliphatic carbocycles. The van der Waals surface area contributed by atoms with Crippen molar-refractivity contribution >= 4 is 28.5 Å². The molecule has 0 spiro atoms. The molecule has 39 heavy (non-hydrogen) atoms. The lowest BCUT2D eigenvalue weighted by atomic mass is 9.99. The number of methoxy groups -OCH3 is 2. The molecular weight excluding hydrogens is 494 g/mol. The minimum atomic E-state index is -1.01. The maximum absolute atomic E-state index is 14.3. The number of aromatic nitrogens is 3. The second kappa shape index (κ2) is 11.6. The van der Waals surface area contributed by atoms with Crippen LogP contribution in [0.15, 0.2) is 66.7 Å². The molecule has 1 heterocycles. The monoisotopic (exact) mass is 527 g/mol. The number of hydrogen-bond donors (Lipinski definition) is 1. The van der Waals surface area contributed by atoms with Gasteiger partial charge in [0.15, 0.2) is 11.5 Å². The molecule has 1 aromatic heterocycles. The minimum Gasteiger partial charge on any atom is -0.493 e. The Morgan fingerprint density at radius 3 is 2.49 bits per heavy atom. The van der Waals surface area contributed by atoms with Crippen LogP contribution < -0.4 is 19.7 Å². The Hall–Kier alpha value is -4.40. The molecule has 9 nitrogen and oxygen atoms in total. The molecule has 1 fully saturated rings. The number of nitrogens with zero attached hydrogens (tertiary/aromatic N) is 4. The highest BCUT2D eigenvalue weighted by Crippen LogP contribution is 2.40. The zero-order chi connectivity index (χ0) is 27.4. The van der Waals surface area contributed by atoms with E-state index in [0.29, 0.717) is 28.3 Å². The zero-order valence-electron chi connectivity index (χ0n) is 22.5. The number of para-hydroxylation sites is 3. The molecule has 0 unspecified atom stereocenters. The maximum atomic E-state index is 14.3. The first-order valence-corrected chi connectivity index (χ1v) is 13.2. The van der Waals surface area contributed by atoms with Crippen molar-refractivity contribution in [3.05, 3.63) is 77.9 Å². The summed E-state index contributed by atoms with van der Waals surface area (Å²) in [6, 6.07) is 19.5. The fourth-order valence-corrected chi connectivity index (χ4v) is 5.36. The Kier molecular flexibility index (Phi) is 7.76. The van der Waals surface area contributed by atoms with Gasteiger partial charge in [-0.05, 0) is 49.6 Å². The van der Waals surface area contributed by atoms with Crippen molar-refractivity contribution in [3.63, 3.8) is 0 Å². The Morgan fingerprint density at radius 2 is 1.74 bits per heavy atom. The summed E-state index contributed by atoms with van der Waals surface area (Å²) in [6.45, 7) is 1.82. The fraction of sp³-hybridized carbons (Fsp3) is 0.333. The van der Waals surface area contributed by atoms with Crippen molar-refractivity contribution < 1.29 is 19.1 Å². The minimum absolute atomic E-state index is 0.0599. The van der Waals surface area contributed by atoms with Gasteiger partial charge in [-0.2, -0.15) is 0 Å². The van der Waals surface area contributed by atoms with E-state index in [1.165, 1.54) is 7.11 Å². The molecule has 0 aliphatic heterocycles. The Morgan fingerprint density at radius 1 is 1.00 bits per heavy atom. The second-order valence-electron chi connectivity index (χ2n) is 9.76. The predicted molar refractivity (Wildman–Crippen MR) is 149 cm³/mol. The molecule has 5 rings (SSSR count). The van der Waals surface area contributed by atoms with E-state index in [9.17, 15) is 9.59 Å². The smallest absolute Gasteiger partial charge is 0.249 e. The van der Waals surface area contributed by atoms with Crippen LogP contribution in [0.4, 0.5) is 5.69 Å². The van der Waals surface area contributed by atoms with Crippen LogP contribution in [0, 0.1) is 6.92 Å². The summed E-state index contributed by atoms with van der Waals surface area (Å²) in [5.41, 5.74) is 3.45. The fourth-order valence-electron chi connectivity index (χ4n) is 5.36. The standard InChI is InChI=1S/C30H33N5O4/c1-20-11-4-8-16-24(20)35(27(36)19-34-25-17-9-7-15-23(25)32-33-34)28(30(37)31-21-12-5-6-13-21)22-14-10-18-26(38-2)29(22)39-3/h4,7-11,14-18,21,28H,5-6,12-13,19H2,1-3H3,(H,31,37)/t28-/m0/s1. The summed E-state index contributed by atoms with van der Waals surface area (Å²) in [7, 11) is 3.09. The predicted octanol–water partition coefficient (Wildman–Crippen LogP) is 4.59. The number of hydrogen-bond acceptors (Lipinski definition) is 6. The Bertz CT molecular complexity index is 1480. The number of nitrogens with one attached hydrogen (secondary N) is 1. The number of rotatable bonds is 9. The molecule has 2 amide bonds. The third kappa shape index (κ3) is 5.30. The summed E-state index contributed by atoms with van der Waals surface area (Å²) in [5, 5.41) is 11.6. The number of fused-ring (bicyclic) bond motifs is 1. The highest BCUT2D eigenvalue weighted by atomic mass is 16.5. The lowest BCUT2D eigenvalue weighted by Gasteiger charge is -2.34. The first-order chi connectivity index (χ1) is 19.0. The van der Waals surface area contributed by atoms with E-state index >= 15 is 0 Å². The van der Waals surface area contributed by atoms with Gasteiger partial charge in [0.2, 0.25) is 11.8 Å². The topological polar surface area (TPSA) is 98.6 Å². The van der Waals surface area contributed by atoms with E-state index < -0.39 is 6.04 Å². The molecule has 1 aliphatic rings. The van der Waals surface area contributed by atoms with Crippen molar-refractivity contribution in [2.45, 2.75) is 51.2 Å². The molecule has 9 heteroatoms.